The van der Waals surface area contributed by atoms with Crippen LogP contribution in [0.25, 0.3) is 11.1 Å². The molecule has 1 atom stereocenters. The van der Waals surface area contributed by atoms with Gasteiger partial charge in [-0.3, -0.25) is 9.59 Å². The lowest BCUT2D eigenvalue weighted by Gasteiger charge is -2.44. The van der Waals surface area contributed by atoms with Crippen molar-refractivity contribution in [2.24, 2.45) is 0 Å². The Hall–Kier alpha value is -3.02. The van der Waals surface area contributed by atoms with E-state index in [0.717, 1.165) is 42.5 Å². The summed E-state index contributed by atoms with van der Waals surface area (Å²) in [5.41, 5.74) is 3.33. The Morgan fingerprint density at radius 2 is 1.84 bits per heavy atom. The Morgan fingerprint density at radius 1 is 1.12 bits per heavy atom. The van der Waals surface area contributed by atoms with E-state index in [0.29, 0.717) is 24.4 Å². The molecule has 0 unspecified atom stereocenters. The number of hydrogen-bond donors (Lipinski definition) is 1. The van der Waals surface area contributed by atoms with Gasteiger partial charge in [0, 0.05) is 24.7 Å². The first kappa shape index (κ1) is 20.9. The van der Waals surface area contributed by atoms with Gasteiger partial charge in [0.25, 0.3) is 5.91 Å². The van der Waals surface area contributed by atoms with Crippen LogP contribution < -0.4 is 5.32 Å². The van der Waals surface area contributed by atoms with Crippen molar-refractivity contribution in [3.8, 4) is 0 Å². The van der Waals surface area contributed by atoms with E-state index in [2.05, 4.69) is 5.32 Å². The molecule has 3 aromatic rings. The number of aryl methyl sites for hydroxylation is 2. The Bertz CT molecular complexity index is 1170. The largest absolute Gasteiger partial charge is 0.460 e. The molecule has 0 radical (unpaired) electrons. The molecule has 2 aromatic heterocycles. The van der Waals surface area contributed by atoms with Crippen molar-refractivity contribution in [1.82, 2.24) is 14.8 Å². The lowest BCUT2D eigenvalue weighted by Crippen LogP contribution is -2.64. The highest BCUT2D eigenvalue weighted by atomic mass is 16.3. The second-order valence-electron chi connectivity index (χ2n) is 9.68. The predicted octanol–water partition coefficient (Wildman–Crippen LogP) is 4.71. The summed E-state index contributed by atoms with van der Waals surface area (Å²) in [6.45, 7) is 6.64. The molecule has 1 fully saturated rings. The molecule has 0 spiro atoms. The van der Waals surface area contributed by atoms with Gasteiger partial charge in [0.05, 0.1) is 12.1 Å². The number of benzene rings is 1. The molecule has 168 valence electrons. The molecule has 0 saturated heterocycles. The number of hydrogen-bond acceptors (Lipinski definition) is 3. The van der Waals surface area contributed by atoms with Crippen LogP contribution in [-0.2, 0) is 17.9 Å². The summed E-state index contributed by atoms with van der Waals surface area (Å²) in [5, 5.41) is 3.28. The van der Waals surface area contributed by atoms with Crippen molar-refractivity contribution in [3.63, 3.8) is 0 Å². The normalized spacial score (nSPS) is 21.7. The van der Waals surface area contributed by atoms with E-state index in [-0.39, 0.29) is 17.9 Å². The molecule has 32 heavy (non-hydrogen) atoms. The van der Waals surface area contributed by atoms with Crippen molar-refractivity contribution in [2.75, 3.05) is 0 Å². The highest BCUT2D eigenvalue weighted by Crippen LogP contribution is 2.35. The first-order valence-electron chi connectivity index (χ1n) is 11.6. The third-order valence-electron chi connectivity index (χ3n) is 7.13. The minimum atomic E-state index is -0.996. The number of furan rings is 1. The highest BCUT2D eigenvalue weighted by Gasteiger charge is 2.48. The molecular formula is C26H31N3O3. The van der Waals surface area contributed by atoms with Gasteiger partial charge < -0.3 is 19.2 Å². The van der Waals surface area contributed by atoms with Crippen LogP contribution >= 0.6 is 0 Å². The van der Waals surface area contributed by atoms with Gasteiger partial charge >= 0.3 is 0 Å². The first-order chi connectivity index (χ1) is 15.3. The molecule has 0 bridgehead atoms. The Balaban J connectivity index is 1.54. The van der Waals surface area contributed by atoms with Gasteiger partial charge in [-0.2, -0.15) is 0 Å². The lowest BCUT2D eigenvalue weighted by molar-refractivity contribution is -0.134. The number of nitrogens with zero attached hydrogens (tertiary/aromatic N) is 2. The van der Waals surface area contributed by atoms with Crippen molar-refractivity contribution in [1.29, 1.82) is 0 Å². The van der Waals surface area contributed by atoms with Gasteiger partial charge in [0.2, 0.25) is 5.91 Å². The Kier molecular flexibility index (Phi) is 5.11. The zero-order valence-corrected chi connectivity index (χ0v) is 19.1. The van der Waals surface area contributed by atoms with Gasteiger partial charge in [-0.05, 0) is 39.2 Å². The number of rotatable bonds is 4. The molecule has 1 aromatic carbocycles. The summed E-state index contributed by atoms with van der Waals surface area (Å²) in [6, 6.07) is 12.1. The van der Waals surface area contributed by atoms with Gasteiger partial charge in [0.1, 0.15) is 17.0 Å². The number of fused-ring (bicyclic) bond motifs is 3. The summed E-state index contributed by atoms with van der Waals surface area (Å²) >= 11 is 0. The molecular weight excluding hydrogens is 402 g/mol. The zero-order valence-electron chi connectivity index (χ0n) is 19.1. The second kappa shape index (κ2) is 7.84. The summed E-state index contributed by atoms with van der Waals surface area (Å²) in [7, 11) is 0. The minimum absolute atomic E-state index is 0.0717. The van der Waals surface area contributed by atoms with Crippen molar-refractivity contribution < 1.29 is 14.0 Å². The topological polar surface area (TPSA) is 67.5 Å². The maximum atomic E-state index is 13.7. The van der Waals surface area contributed by atoms with Crippen LogP contribution in [0, 0.1) is 13.8 Å². The lowest BCUT2D eigenvalue weighted by atomic mass is 9.91. The molecule has 6 nitrogen and oxygen atoms in total. The number of amides is 2. The van der Waals surface area contributed by atoms with E-state index in [1.165, 1.54) is 12.0 Å². The van der Waals surface area contributed by atoms with E-state index < -0.39 is 5.54 Å². The molecule has 2 amide bonds. The predicted molar refractivity (Wildman–Crippen MR) is 123 cm³/mol. The standard InChI is InChI=1S/C26H31N3O3/c1-17-9-11-19(12-10-17)15-29-24(30)22-14-23-21(13-18(2)32-23)28(22)16-26(29,3)25(31)27-20-7-5-4-6-8-20/h9-14,20H,4-8,15-16H2,1-3H3,(H,27,31)/t26-/m1/s1. The summed E-state index contributed by atoms with van der Waals surface area (Å²) in [5.74, 6) is 0.591. The number of nitrogens with one attached hydrogen (secondary N) is 1. The van der Waals surface area contributed by atoms with E-state index in [9.17, 15) is 9.59 Å². The molecule has 1 saturated carbocycles. The maximum absolute atomic E-state index is 13.7. The van der Waals surface area contributed by atoms with Crippen LogP contribution in [-0.4, -0.2) is 32.9 Å². The van der Waals surface area contributed by atoms with E-state index in [4.69, 9.17) is 4.42 Å². The maximum Gasteiger partial charge on any atom is 0.271 e. The average Bonchev–Trinajstić information content (AvgIpc) is 3.30. The van der Waals surface area contributed by atoms with Crippen LogP contribution in [0.5, 0.6) is 0 Å². The smallest absolute Gasteiger partial charge is 0.271 e. The molecule has 1 aliphatic heterocycles. The zero-order chi connectivity index (χ0) is 22.5. The Morgan fingerprint density at radius 3 is 2.56 bits per heavy atom. The van der Waals surface area contributed by atoms with Crippen LogP contribution in [0.2, 0.25) is 0 Å². The molecule has 2 aliphatic rings. The van der Waals surface area contributed by atoms with Gasteiger partial charge in [-0.25, -0.2) is 0 Å². The number of carbonyl (C=O) groups excluding carboxylic acids is 2. The summed E-state index contributed by atoms with van der Waals surface area (Å²) in [6.07, 6.45) is 5.53. The third-order valence-corrected chi connectivity index (χ3v) is 7.13. The molecule has 6 heteroatoms. The highest BCUT2D eigenvalue weighted by molar-refractivity contribution is 6.03. The van der Waals surface area contributed by atoms with Crippen LogP contribution in [0.3, 0.4) is 0 Å². The number of carbonyl (C=O) groups is 2. The minimum Gasteiger partial charge on any atom is -0.460 e. The van der Waals surface area contributed by atoms with Gasteiger partial charge in [-0.1, -0.05) is 49.1 Å². The first-order valence-corrected chi connectivity index (χ1v) is 11.6. The molecule has 5 rings (SSSR count). The average molecular weight is 434 g/mol. The van der Waals surface area contributed by atoms with E-state index in [1.807, 2.05) is 61.7 Å². The van der Waals surface area contributed by atoms with Gasteiger partial charge in [-0.15, -0.1) is 0 Å². The van der Waals surface area contributed by atoms with E-state index in [1.54, 1.807) is 4.90 Å². The monoisotopic (exact) mass is 433 g/mol. The second-order valence-corrected chi connectivity index (χ2v) is 9.68. The SMILES string of the molecule is Cc1ccc(CN2C(=O)c3cc4oc(C)cc4n3C[C@]2(C)C(=O)NC2CCCCC2)cc1. The molecule has 1 aliphatic carbocycles. The van der Waals surface area contributed by atoms with Crippen molar-refractivity contribution >= 4 is 22.9 Å². The quantitative estimate of drug-likeness (QED) is 0.648. The molecule has 3 heterocycles. The molecule has 1 N–H and O–H groups in total. The van der Waals surface area contributed by atoms with Crippen LogP contribution in [0.1, 0.15) is 66.4 Å². The van der Waals surface area contributed by atoms with Crippen molar-refractivity contribution in [3.05, 3.63) is 59.0 Å². The Labute approximate surface area is 188 Å². The fourth-order valence-electron chi connectivity index (χ4n) is 5.17. The summed E-state index contributed by atoms with van der Waals surface area (Å²) < 4.78 is 7.75. The fraction of sp³-hybridized carbons (Fsp3) is 0.462. The van der Waals surface area contributed by atoms with Crippen molar-refractivity contribution in [2.45, 2.75) is 77.5 Å². The van der Waals surface area contributed by atoms with Crippen LogP contribution in [0.4, 0.5) is 0 Å². The van der Waals surface area contributed by atoms with E-state index >= 15 is 0 Å². The fourth-order valence-corrected chi connectivity index (χ4v) is 5.17. The number of aromatic nitrogens is 1. The summed E-state index contributed by atoms with van der Waals surface area (Å²) in [4.78, 5) is 29.2. The third kappa shape index (κ3) is 3.51. The van der Waals surface area contributed by atoms with Gasteiger partial charge in [0.15, 0.2) is 5.58 Å². The van der Waals surface area contributed by atoms with Crippen LogP contribution in [0.15, 0.2) is 40.8 Å².